The number of hydrazine groups is 1. The van der Waals surface area contributed by atoms with Gasteiger partial charge in [-0.25, -0.2) is 5.84 Å². The third-order valence-corrected chi connectivity index (χ3v) is 6.55. The van der Waals surface area contributed by atoms with E-state index in [1.54, 1.807) is 0 Å². The van der Waals surface area contributed by atoms with Gasteiger partial charge in [0.2, 0.25) is 5.91 Å². The van der Waals surface area contributed by atoms with Gasteiger partial charge in [-0.3, -0.25) is 10.2 Å². The van der Waals surface area contributed by atoms with Crippen LogP contribution in [-0.2, 0) is 4.79 Å². The van der Waals surface area contributed by atoms with E-state index in [0.717, 1.165) is 3.53 Å². The van der Waals surface area contributed by atoms with Crippen molar-refractivity contribution in [3.8, 4) is 0 Å². The second kappa shape index (κ2) is 5.85. The highest BCUT2D eigenvalue weighted by Gasteiger charge is 2.17. The molecule has 1 fully saturated rings. The van der Waals surface area contributed by atoms with E-state index in [1.807, 2.05) is 0 Å². The summed E-state index contributed by atoms with van der Waals surface area (Å²) in [6, 6.07) is 0. The molecule has 0 bridgehead atoms. The van der Waals surface area contributed by atoms with Crippen LogP contribution in [0.4, 0.5) is 0 Å². The summed E-state index contributed by atoms with van der Waals surface area (Å²) in [4.78, 5) is 10.8. The van der Waals surface area contributed by atoms with E-state index in [9.17, 15) is 4.79 Å². The first-order valence-electron chi connectivity index (χ1n) is 4.07. The van der Waals surface area contributed by atoms with Crippen molar-refractivity contribution in [1.82, 2.24) is 5.43 Å². The van der Waals surface area contributed by atoms with Crippen LogP contribution in [0.3, 0.4) is 0 Å². The summed E-state index contributed by atoms with van der Waals surface area (Å²) in [5.41, 5.74) is 2.09. The summed E-state index contributed by atoms with van der Waals surface area (Å²) in [5.74, 6) is 7.60. The quantitative estimate of drug-likeness (QED) is 0.326. The van der Waals surface area contributed by atoms with Crippen LogP contribution in [0.15, 0.2) is 0 Å². The molecule has 0 saturated carbocycles. The molecule has 1 aliphatic heterocycles. The van der Waals surface area contributed by atoms with Gasteiger partial charge in [0.15, 0.2) is 0 Å². The summed E-state index contributed by atoms with van der Waals surface area (Å²) >= 11 is 6.69. The number of rotatable bonds is 2. The van der Waals surface area contributed by atoms with E-state index in [2.05, 4.69) is 5.43 Å². The zero-order chi connectivity index (χ0) is 9.68. The Labute approximate surface area is 90.5 Å². The van der Waals surface area contributed by atoms with Gasteiger partial charge in [-0.2, -0.15) is 10.9 Å². The summed E-state index contributed by atoms with van der Waals surface area (Å²) in [5, 5.41) is 0. The lowest BCUT2D eigenvalue weighted by atomic mass is 10.4. The normalized spacial score (nSPS) is 17.3. The van der Waals surface area contributed by atoms with Crippen molar-refractivity contribution in [2.75, 3.05) is 17.3 Å². The average molecular weight is 237 g/mol. The van der Waals surface area contributed by atoms with Crippen molar-refractivity contribution in [2.45, 2.75) is 12.8 Å². The monoisotopic (exact) mass is 237 g/mol. The number of carbonyl (C=O) groups is 1. The molecule has 13 heavy (non-hydrogen) atoms. The lowest BCUT2D eigenvalue weighted by Gasteiger charge is -2.11. The molecule has 3 nitrogen and oxygen atoms in total. The first-order chi connectivity index (χ1) is 6.24. The average Bonchev–Trinajstić information content (AvgIpc) is 2.66. The van der Waals surface area contributed by atoms with Gasteiger partial charge < -0.3 is 0 Å². The Morgan fingerprint density at radius 3 is 2.69 bits per heavy atom. The molecule has 3 N–H and O–H groups in total. The van der Waals surface area contributed by atoms with E-state index in [1.165, 1.54) is 36.1 Å². The summed E-state index contributed by atoms with van der Waals surface area (Å²) in [6.07, 6.45) is 2.57. The molecule has 1 saturated heterocycles. The zero-order valence-electron chi connectivity index (χ0n) is 7.25. The van der Waals surface area contributed by atoms with E-state index in [0.29, 0.717) is 5.75 Å². The highest BCUT2D eigenvalue weighted by Crippen LogP contribution is 2.40. The number of amides is 1. The maximum atomic E-state index is 10.8. The predicted octanol–water partition coefficient (Wildman–Crippen LogP) is 1.06. The number of hydrogen-bond acceptors (Lipinski definition) is 4. The van der Waals surface area contributed by atoms with Crippen LogP contribution in [0, 0.1) is 0 Å². The van der Waals surface area contributed by atoms with Gasteiger partial charge in [-0.15, -0.1) is 0 Å². The minimum absolute atomic E-state index is 0.157. The van der Waals surface area contributed by atoms with E-state index < -0.39 is 0 Å². The standard InChI is InChI=1S/C7H13N2OS3/c8-9-6(10)5-12-7(11)13-3-1-2-4-13/h1-5,8H2,(H,9,10). The van der Waals surface area contributed by atoms with Gasteiger partial charge in [0.05, 0.1) is 9.28 Å². The fraction of sp³-hybridized carbons (Fsp3) is 0.714. The van der Waals surface area contributed by atoms with Gasteiger partial charge in [0.25, 0.3) is 0 Å². The second-order valence-electron chi connectivity index (χ2n) is 2.71. The molecule has 0 unspecified atom stereocenters. The van der Waals surface area contributed by atoms with Crippen LogP contribution in [0.2, 0.25) is 0 Å². The number of thiocarbonyl (C=S) groups is 1. The first kappa shape index (κ1) is 11.3. The van der Waals surface area contributed by atoms with E-state index in [4.69, 9.17) is 18.1 Å². The summed E-state index contributed by atoms with van der Waals surface area (Å²) in [6.45, 7) is 0. The number of nitrogens with two attached hydrogens (primary N) is 1. The highest BCUT2D eigenvalue weighted by atomic mass is 32.3. The van der Waals surface area contributed by atoms with Crippen LogP contribution < -0.4 is 11.3 Å². The molecule has 1 radical (unpaired) electrons. The Bertz CT molecular complexity index is 204. The second-order valence-corrected chi connectivity index (χ2v) is 7.09. The van der Waals surface area contributed by atoms with Crippen molar-refractivity contribution >= 4 is 44.3 Å². The lowest BCUT2D eigenvalue weighted by Crippen LogP contribution is -2.31. The molecule has 1 aliphatic rings. The molecule has 0 spiro atoms. The van der Waals surface area contributed by atoms with Gasteiger partial charge in [-0.1, -0.05) is 24.0 Å². The molecule has 6 heteroatoms. The fourth-order valence-electron chi connectivity index (χ4n) is 1.07. The molecule has 0 aromatic carbocycles. The number of hydrogen-bond donors (Lipinski definition) is 2. The molecule has 0 aromatic heterocycles. The van der Waals surface area contributed by atoms with Gasteiger partial charge >= 0.3 is 0 Å². The van der Waals surface area contributed by atoms with Crippen molar-refractivity contribution in [1.29, 1.82) is 0 Å². The SMILES string of the molecule is NNC(=O)CSC(=S)[S]1CCCC1. The Hall–Kier alpha value is 0.220. The predicted molar refractivity (Wildman–Crippen MR) is 63.9 cm³/mol. The smallest absolute Gasteiger partial charge is 0.244 e. The Morgan fingerprint density at radius 1 is 1.54 bits per heavy atom. The van der Waals surface area contributed by atoms with Crippen molar-refractivity contribution in [2.24, 2.45) is 5.84 Å². The van der Waals surface area contributed by atoms with Gasteiger partial charge in [-0.05, 0) is 24.3 Å². The molecule has 1 heterocycles. The van der Waals surface area contributed by atoms with E-state index in [-0.39, 0.29) is 16.8 Å². The lowest BCUT2D eigenvalue weighted by molar-refractivity contribution is -0.118. The number of nitrogens with one attached hydrogen (secondary N) is 1. The van der Waals surface area contributed by atoms with E-state index >= 15 is 0 Å². The number of carbonyl (C=O) groups excluding carboxylic acids is 1. The summed E-state index contributed by atoms with van der Waals surface area (Å²) in [7, 11) is 0.283. The minimum Gasteiger partial charge on any atom is -0.294 e. The zero-order valence-corrected chi connectivity index (χ0v) is 9.70. The molecule has 0 atom stereocenters. The van der Waals surface area contributed by atoms with Crippen LogP contribution in [0.25, 0.3) is 0 Å². The van der Waals surface area contributed by atoms with Crippen LogP contribution in [0.1, 0.15) is 12.8 Å². The maximum absolute atomic E-state index is 10.8. The molecule has 0 aromatic rings. The van der Waals surface area contributed by atoms with Crippen molar-refractivity contribution in [3.05, 3.63) is 0 Å². The molecular weight excluding hydrogens is 224 g/mol. The van der Waals surface area contributed by atoms with Crippen LogP contribution in [-0.4, -0.2) is 26.7 Å². The maximum Gasteiger partial charge on any atom is 0.244 e. The van der Waals surface area contributed by atoms with Gasteiger partial charge in [0, 0.05) is 0 Å². The highest BCUT2D eigenvalue weighted by molar-refractivity contribution is 8.54. The largest absolute Gasteiger partial charge is 0.294 e. The molecule has 1 amide bonds. The Kier molecular flexibility index (Phi) is 5.08. The molecule has 1 rings (SSSR count). The topological polar surface area (TPSA) is 55.1 Å². The Balaban J connectivity index is 2.20. The minimum atomic E-state index is -0.157. The molecular formula is C7H13N2OS3. The molecule has 0 aliphatic carbocycles. The first-order valence-corrected chi connectivity index (χ1v) is 7.03. The summed E-state index contributed by atoms with van der Waals surface area (Å²) < 4.78 is 1.00. The van der Waals surface area contributed by atoms with Gasteiger partial charge in [0.1, 0.15) is 0 Å². The van der Waals surface area contributed by atoms with Crippen LogP contribution in [0.5, 0.6) is 0 Å². The van der Waals surface area contributed by atoms with Crippen molar-refractivity contribution < 1.29 is 4.79 Å². The fourth-order valence-corrected chi connectivity index (χ4v) is 5.07. The third kappa shape index (κ3) is 3.84. The number of thioether (sulfide) groups is 1. The Morgan fingerprint density at radius 2 is 2.15 bits per heavy atom. The third-order valence-electron chi connectivity index (χ3n) is 1.75. The molecule has 75 valence electrons. The van der Waals surface area contributed by atoms with Crippen molar-refractivity contribution in [3.63, 3.8) is 0 Å². The van der Waals surface area contributed by atoms with Crippen LogP contribution >= 0.6 is 34.9 Å².